The van der Waals surface area contributed by atoms with Crippen LogP contribution in [0.1, 0.15) is 27.2 Å². The predicted octanol–water partition coefficient (Wildman–Crippen LogP) is 0.106. The van der Waals surface area contributed by atoms with Crippen molar-refractivity contribution < 1.29 is 19.4 Å². The first kappa shape index (κ1) is 15.3. The number of aliphatic hydroxyl groups is 1. The topological polar surface area (TPSA) is 78.9 Å². The molecule has 6 nitrogen and oxygen atoms in total. The Balaban J connectivity index is 2.55. The van der Waals surface area contributed by atoms with Crippen LogP contribution in [0, 0.1) is 12.3 Å². The molecule has 0 aromatic rings. The average Bonchev–Trinajstić information content (AvgIpc) is 2.21. The number of likely N-dealkylation sites (tertiary alicyclic amines) is 1. The van der Waals surface area contributed by atoms with Crippen LogP contribution in [0.4, 0.5) is 4.79 Å². The number of nitrogens with one attached hydrogen (secondary N) is 1. The van der Waals surface area contributed by atoms with Crippen LogP contribution in [0.3, 0.4) is 0 Å². The van der Waals surface area contributed by atoms with Crippen LogP contribution in [0.5, 0.6) is 0 Å². The van der Waals surface area contributed by atoms with Crippen LogP contribution in [-0.4, -0.2) is 52.8 Å². The van der Waals surface area contributed by atoms with E-state index in [0.717, 1.165) is 0 Å². The molecular weight excluding hydrogens is 248 g/mol. The van der Waals surface area contributed by atoms with Crippen molar-refractivity contribution in [2.75, 3.05) is 13.2 Å². The predicted molar refractivity (Wildman–Crippen MR) is 69.2 cm³/mol. The Hall–Kier alpha value is -1.74. The van der Waals surface area contributed by atoms with Gasteiger partial charge in [-0.2, -0.15) is 0 Å². The summed E-state index contributed by atoms with van der Waals surface area (Å²) in [7, 11) is 0. The van der Waals surface area contributed by atoms with Gasteiger partial charge in [-0.3, -0.25) is 9.69 Å². The molecule has 0 bridgehead atoms. The zero-order chi connectivity index (χ0) is 14.6. The van der Waals surface area contributed by atoms with Gasteiger partial charge in [0.1, 0.15) is 17.7 Å². The summed E-state index contributed by atoms with van der Waals surface area (Å²) >= 11 is 0. The second-order valence-electron chi connectivity index (χ2n) is 5.39. The SMILES string of the molecule is C#CC(CO)NC(=O)[C@H]1CCN1C(=O)OC(C)(C)C. The normalized spacial score (nSPS) is 19.9. The maximum Gasteiger partial charge on any atom is 0.410 e. The van der Waals surface area contributed by atoms with Crippen molar-refractivity contribution in [3.05, 3.63) is 0 Å². The molecule has 0 aromatic carbocycles. The molecule has 1 saturated heterocycles. The third-order valence-electron chi connectivity index (χ3n) is 2.65. The molecule has 2 N–H and O–H groups in total. The fourth-order valence-corrected chi connectivity index (χ4v) is 1.61. The molecule has 2 amide bonds. The minimum Gasteiger partial charge on any atom is -0.444 e. The van der Waals surface area contributed by atoms with Crippen molar-refractivity contribution in [3.63, 3.8) is 0 Å². The lowest BCUT2D eigenvalue weighted by Crippen LogP contribution is -2.60. The first-order valence-corrected chi connectivity index (χ1v) is 6.15. The summed E-state index contributed by atoms with van der Waals surface area (Å²) in [6.45, 7) is 5.44. The molecule has 1 aliphatic rings. The molecule has 0 radical (unpaired) electrons. The smallest absolute Gasteiger partial charge is 0.410 e. The quantitative estimate of drug-likeness (QED) is 0.712. The van der Waals surface area contributed by atoms with Crippen LogP contribution >= 0.6 is 0 Å². The summed E-state index contributed by atoms with van der Waals surface area (Å²) in [5.74, 6) is 1.88. The molecule has 1 unspecified atom stereocenters. The van der Waals surface area contributed by atoms with Crippen LogP contribution in [0.2, 0.25) is 0 Å². The van der Waals surface area contributed by atoms with Gasteiger partial charge in [0.15, 0.2) is 0 Å². The van der Waals surface area contributed by atoms with Crippen molar-refractivity contribution in [1.82, 2.24) is 10.2 Å². The number of amides is 2. The monoisotopic (exact) mass is 268 g/mol. The average molecular weight is 268 g/mol. The Kier molecular flexibility index (Phi) is 4.78. The van der Waals surface area contributed by atoms with Gasteiger partial charge in [0.25, 0.3) is 0 Å². The third kappa shape index (κ3) is 4.14. The van der Waals surface area contributed by atoms with Gasteiger partial charge in [-0.05, 0) is 27.2 Å². The van der Waals surface area contributed by atoms with E-state index in [2.05, 4.69) is 11.2 Å². The first-order valence-electron chi connectivity index (χ1n) is 6.15. The number of rotatable bonds is 3. The zero-order valence-electron chi connectivity index (χ0n) is 11.5. The number of ether oxygens (including phenoxy) is 1. The molecular formula is C13H20N2O4. The molecule has 1 heterocycles. The molecule has 2 atom stereocenters. The molecule has 106 valence electrons. The molecule has 1 rings (SSSR count). The van der Waals surface area contributed by atoms with Crippen LogP contribution < -0.4 is 5.32 Å². The van der Waals surface area contributed by atoms with Crippen molar-refractivity contribution in [2.45, 2.75) is 44.9 Å². The summed E-state index contributed by atoms with van der Waals surface area (Å²) in [6, 6.07) is -1.30. The number of carbonyl (C=O) groups excluding carboxylic acids is 2. The molecule has 1 aliphatic heterocycles. The van der Waals surface area contributed by atoms with E-state index < -0.39 is 23.8 Å². The largest absolute Gasteiger partial charge is 0.444 e. The summed E-state index contributed by atoms with van der Waals surface area (Å²) in [5, 5.41) is 11.4. The third-order valence-corrected chi connectivity index (χ3v) is 2.65. The standard InChI is InChI=1S/C13H20N2O4/c1-5-9(8-16)14-11(17)10-6-7-15(10)12(18)19-13(2,3)4/h1,9-10,16H,6-8H2,2-4H3,(H,14,17)/t9?,10-/m1/s1. The highest BCUT2D eigenvalue weighted by Crippen LogP contribution is 2.21. The van der Waals surface area contributed by atoms with E-state index in [4.69, 9.17) is 16.3 Å². The lowest BCUT2D eigenvalue weighted by Gasteiger charge is -2.40. The number of terminal acetylenes is 1. The zero-order valence-corrected chi connectivity index (χ0v) is 11.5. The van der Waals surface area contributed by atoms with Crippen molar-refractivity contribution in [1.29, 1.82) is 0 Å². The molecule has 0 saturated carbocycles. The maximum atomic E-state index is 11.9. The van der Waals surface area contributed by atoms with E-state index in [-0.39, 0.29) is 12.5 Å². The van der Waals surface area contributed by atoms with E-state index in [0.29, 0.717) is 13.0 Å². The van der Waals surface area contributed by atoms with E-state index in [1.54, 1.807) is 20.8 Å². The van der Waals surface area contributed by atoms with Gasteiger partial charge in [-0.25, -0.2) is 4.79 Å². The highest BCUT2D eigenvalue weighted by atomic mass is 16.6. The molecule has 6 heteroatoms. The van der Waals surface area contributed by atoms with Crippen LogP contribution in [-0.2, 0) is 9.53 Å². The van der Waals surface area contributed by atoms with E-state index in [1.165, 1.54) is 4.90 Å². The van der Waals surface area contributed by atoms with Crippen molar-refractivity contribution >= 4 is 12.0 Å². The highest BCUT2D eigenvalue weighted by molar-refractivity contribution is 5.87. The maximum absolute atomic E-state index is 11.9. The fraction of sp³-hybridized carbons (Fsp3) is 0.692. The van der Waals surface area contributed by atoms with Gasteiger partial charge < -0.3 is 15.2 Å². The van der Waals surface area contributed by atoms with Gasteiger partial charge in [0.05, 0.1) is 6.61 Å². The second-order valence-corrected chi connectivity index (χ2v) is 5.39. The van der Waals surface area contributed by atoms with Crippen molar-refractivity contribution in [3.8, 4) is 12.3 Å². The number of carbonyl (C=O) groups is 2. The number of hydrogen-bond donors (Lipinski definition) is 2. The molecule has 0 spiro atoms. The van der Waals surface area contributed by atoms with Gasteiger partial charge in [0.2, 0.25) is 5.91 Å². The molecule has 0 aliphatic carbocycles. The first-order chi connectivity index (χ1) is 8.78. The van der Waals surface area contributed by atoms with Crippen molar-refractivity contribution in [2.24, 2.45) is 0 Å². The Morgan fingerprint density at radius 2 is 2.21 bits per heavy atom. The molecule has 19 heavy (non-hydrogen) atoms. The summed E-state index contributed by atoms with van der Waals surface area (Å²) < 4.78 is 5.20. The Bertz CT molecular complexity index is 394. The Morgan fingerprint density at radius 3 is 2.58 bits per heavy atom. The minimum absolute atomic E-state index is 0.332. The number of hydrogen-bond acceptors (Lipinski definition) is 4. The van der Waals surface area contributed by atoms with Gasteiger partial charge in [-0.1, -0.05) is 5.92 Å². The number of nitrogens with zero attached hydrogens (tertiary/aromatic N) is 1. The molecule has 0 aromatic heterocycles. The van der Waals surface area contributed by atoms with Gasteiger partial charge in [-0.15, -0.1) is 6.42 Å². The Labute approximate surface area is 113 Å². The Morgan fingerprint density at radius 1 is 1.58 bits per heavy atom. The second kappa shape index (κ2) is 5.93. The van der Waals surface area contributed by atoms with Gasteiger partial charge >= 0.3 is 6.09 Å². The minimum atomic E-state index is -0.728. The summed E-state index contributed by atoms with van der Waals surface area (Å²) in [4.78, 5) is 25.0. The molecule has 1 fully saturated rings. The lowest BCUT2D eigenvalue weighted by atomic mass is 10.0. The summed E-state index contributed by atoms with van der Waals surface area (Å²) in [6.07, 6.45) is 5.19. The van der Waals surface area contributed by atoms with Crippen LogP contribution in [0.25, 0.3) is 0 Å². The number of aliphatic hydroxyl groups excluding tert-OH is 1. The summed E-state index contributed by atoms with van der Waals surface area (Å²) in [5.41, 5.74) is -0.597. The highest BCUT2D eigenvalue weighted by Gasteiger charge is 2.40. The van der Waals surface area contributed by atoms with Crippen LogP contribution in [0.15, 0.2) is 0 Å². The van der Waals surface area contributed by atoms with E-state index in [1.807, 2.05) is 0 Å². The lowest BCUT2D eigenvalue weighted by molar-refractivity contribution is -0.131. The van der Waals surface area contributed by atoms with Gasteiger partial charge in [0, 0.05) is 6.54 Å². The van der Waals surface area contributed by atoms with E-state index in [9.17, 15) is 9.59 Å². The fourth-order valence-electron chi connectivity index (χ4n) is 1.61. The van der Waals surface area contributed by atoms with E-state index >= 15 is 0 Å².